The highest BCUT2D eigenvalue weighted by Crippen LogP contribution is 2.29. The molecule has 4 heteroatoms. The van der Waals surface area contributed by atoms with Gasteiger partial charge in [0.05, 0.1) is 4.92 Å². The molecule has 20 heavy (non-hydrogen) atoms. The molecule has 3 nitrogen and oxygen atoms in total. The summed E-state index contributed by atoms with van der Waals surface area (Å²) in [5.74, 6) is 0. The van der Waals surface area contributed by atoms with E-state index in [0.29, 0.717) is 0 Å². The molecule has 2 rings (SSSR count). The fourth-order valence-corrected chi connectivity index (χ4v) is 2.36. The first kappa shape index (κ1) is 14.5. The van der Waals surface area contributed by atoms with Gasteiger partial charge in [-0.1, -0.05) is 70.5 Å². The average Bonchev–Trinajstić information content (AvgIpc) is 2.48. The lowest BCUT2D eigenvalue weighted by Crippen LogP contribution is -1.92. The van der Waals surface area contributed by atoms with E-state index in [0.717, 1.165) is 17.5 Å². The van der Waals surface area contributed by atoms with E-state index < -0.39 is 0 Å². The minimum Gasteiger partial charge on any atom is -0.258 e. The Hall–Kier alpha value is -1.94. The Bertz CT molecular complexity index is 611. The second-order valence-corrected chi connectivity index (χ2v) is 5.47. The molecular formula is C16H14BrNO2. The molecule has 0 spiro atoms. The number of nitro benzene ring substituents is 1. The van der Waals surface area contributed by atoms with Gasteiger partial charge in [-0.15, -0.1) is 0 Å². The summed E-state index contributed by atoms with van der Waals surface area (Å²) in [7, 11) is 0. The summed E-state index contributed by atoms with van der Waals surface area (Å²) < 4.78 is 0. The lowest BCUT2D eigenvalue weighted by atomic mass is 10.1. The zero-order valence-electron chi connectivity index (χ0n) is 10.8. The van der Waals surface area contributed by atoms with Crippen LogP contribution >= 0.6 is 15.9 Å². The number of non-ortho nitro benzene ring substituents is 1. The van der Waals surface area contributed by atoms with E-state index in [-0.39, 0.29) is 15.4 Å². The molecule has 2 aromatic carbocycles. The van der Waals surface area contributed by atoms with Crippen LogP contribution in [0.15, 0.2) is 60.7 Å². The number of nitro groups is 1. The number of rotatable bonds is 5. The molecule has 0 saturated carbocycles. The molecule has 1 atom stereocenters. The van der Waals surface area contributed by atoms with Crippen molar-refractivity contribution < 1.29 is 4.92 Å². The SMILES string of the molecule is O=[N+]([O-])c1cccc(C(Br)C/C=C/c2ccccc2)c1. The van der Waals surface area contributed by atoms with Crippen molar-refractivity contribution in [2.45, 2.75) is 11.2 Å². The molecule has 2 aromatic rings. The Balaban J connectivity index is 2.01. The lowest BCUT2D eigenvalue weighted by molar-refractivity contribution is -0.384. The summed E-state index contributed by atoms with van der Waals surface area (Å²) in [6.07, 6.45) is 4.88. The maximum atomic E-state index is 10.8. The fraction of sp³-hybridized carbons (Fsp3) is 0.125. The third-order valence-electron chi connectivity index (χ3n) is 2.90. The van der Waals surface area contributed by atoms with Crippen molar-refractivity contribution in [2.75, 3.05) is 0 Å². The van der Waals surface area contributed by atoms with Gasteiger partial charge in [0.15, 0.2) is 0 Å². The van der Waals surface area contributed by atoms with Crippen LogP contribution in [0.2, 0.25) is 0 Å². The number of nitrogens with zero attached hydrogens (tertiary/aromatic N) is 1. The minimum absolute atomic E-state index is 0.0716. The number of hydrogen-bond acceptors (Lipinski definition) is 2. The summed E-state index contributed by atoms with van der Waals surface area (Å²) in [5.41, 5.74) is 2.18. The lowest BCUT2D eigenvalue weighted by Gasteiger charge is -2.07. The summed E-state index contributed by atoms with van der Waals surface area (Å²) in [4.78, 5) is 10.5. The Morgan fingerprint density at radius 3 is 2.60 bits per heavy atom. The molecule has 0 aliphatic rings. The molecule has 1 unspecified atom stereocenters. The summed E-state index contributed by atoms with van der Waals surface area (Å²) in [6, 6.07) is 16.7. The molecule has 102 valence electrons. The highest BCUT2D eigenvalue weighted by Gasteiger charge is 2.10. The summed E-state index contributed by atoms with van der Waals surface area (Å²) in [6.45, 7) is 0. The minimum atomic E-state index is -0.372. The predicted octanol–water partition coefficient (Wildman–Crippen LogP) is 5.13. The number of hydrogen-bond donors (Lipinski definition) is 0. The van der Waals surface area contributed by atoms with Crippen molar-refractivity contribution in [3.05, 3.63) is 81.9 Å². The van der Waals surface area contributed by atoms with Crippen LogP contribution in [0.5, 0.6) is 0 Å². The Labute approximate surface area is 126 Å². The van der Waals surface area contributed by atoms with Crippen LogP contribution in [0.1, 0.15) is 22.4 Å². The van der Waals surface area contributed by atoms with Crippen LogP contribution < -0.4 is 0 Å². The monoisotopic (exact) mass is 331 g/mol. The number of allylic oxidation sites excluding steroid dienone is 1. The zero-order valence-corrected chi connectivity index (χ0v) is 12.4. The largest absolute Gasteiger partial charge is 0.269 e. The van der Waals surface area contributed by atoms with Gasteiger partial charge in [-0.05, 0) is 17.5 Å². The normalized spacial score (nSPS) is 12.4. The summed E-state index contributed by atoms with van der Waals surface area (Å²) >= 11 is 3.57. The molecular weight excluding hydrogens is 318 g/mol. The van der Waals surface area contributed by atoms with Crippen molar-refractivity contribution in [1.29, 1.82) is 0 Å². The van der Waals surface area contributed by atoms with E-state index in [4.69, 9.17) is 0 Å². The second-order valence-electron chi connectivity index (χ2n) is 4.37. The van der Waals surface area contributed by atoms with Crippen LogP contribution in [-0.4, -0.2) is 4.92 Å². The topological polar surface area (TPSA) is 43.1 Å². The molecule has 0 aromatic heterocycles. The zero-order chi connectivity index (χ0) is 14.4. The first-order valence-corrected chi connectivity index (χ1v) is 7.18. The van der Waals surface area contributed by atoms with Gasteiger partial charge in [0.2, 0.25) is 0 Å². The number of alkyl halides is 1. The molecule has 0 aliphatic carbocycles. The highest BCUT2D eigenvalue weighted by molar-refractivity contribution is 9.09. The van der Waals surface area contributed by atoms with Crippen LogP contribution in [0.3, 0.4) is 0 Å². The Kier molecular flexibility index (Phi) is 5.07. The fourth-order valence-electron chi connectivity index (χ4n) is 1.86. The Morgan fingerprint density at radius 2 is 1.90 bits per heavy atom. The number of benzene rings is 2. The van der Waals surface area contributed by atoms with Gasteiger partial charge in [-0.25, -0.2) is 0 Å². The van der Waals surface area contributed by atoms with Gasteiger partial charge in [0.25, 0.3) is 5.69 Å². The van der Waals surface area contributed by atoms with Gasteiger partial charge in [-0.3, -0.25) is 10.1 Å². The second kappa shape index (κ2) is 7.01. The van der Waals surface area contributed by atoms with E-state index in [2.05, 4.69) is 22.0 Å². The van der Waals surface area contributed by atoms with Gasteiger partial charge in [0.1, 0.15) is 0 Å². The number of halogens is 1. The van der Waals surface area contributed by atoms with E-state index in [1.165, 1.54) is 6.07 Å². The van der Waals surface area contributed by atoms with Gasteiger partial charge >= 0.3 is 0 Å². The molecule has 0 saturated heterocycles. The van der Waals surface area contributed by atoms with Gasteiger partial charge in [-0.2, -0.15) is 0 Å². The molecule has 0 aliphatic heterocycles. The van der Waals surface area contributed by atoms with E-state index in [1.807, 2.05) is 42.5 Å². The molecule has 0 N–H and O–H groups in total. The maximum absolute atomic E-state index is 10.8. The molecule has 0 heterocycles. The molecule has 0 fully saturated rings. The van der Waals surface area contributed by atoms with E-state index in [9.17, 15) is 10.1 Å². The molecule has 0 bridgehead atoms. The van der Waals surface area contributed by atoms with Crippen LogP contribution in [0.4, 0.5) is 5.69 Å². The van der Waals surface area contributed by atoms with Crippen molar-refractivity contribution in [1.82, 2.24) is 0 Å². The average molecular weight is 332 g/mol. The highest BCUT2D eigenvalue weighted by atomic mass is 79.9. The van der Waals surface area contributed by atoms with Crippen LogP contribution in [-0.2, 0) is 0 Å². The van der Waals surface area contributed by atoms with Crippen molar-refractivity contribution >= 4 is 27.7 Å². The third kappa shape index (κ3) is 4.03. The predicted molar refractivity (Wildman–Crippen MR) is 84.9 cm³/mol. The van der Waals surface area contributed by atoms with Gasteiger partial charge in [0, 0.05) is 17.0 Å². The summed E-state index contributed by atoms with van der Waals surface area (Å²) in [5, 5.41) is 10.8. The standard InChI is InChI=1S/C16H14BrNO2/c17-16(11-4-8-13-6-2-1-3-7-13)14-9-5-10-15(12-14)18(19)20/h1-10,12,16H,11H2/b8-4+. The van der Waals surface area contributed by atoms with Gasteiger partial charge < -0.3 is 0 Å². The molecule has 0 radical (unpaired) electrons. The first-order chi connectivity index (χ1) is 9.66. The van der Waals surface area contributed by atoms with Crippen molar-refractivity contribution in [3.8, 4) is 0 Å². The van der Waals surface area contributed by atoms with Crippen molar-refractivity contribution in [2.24, 2.45) is 0 Å². The first-order valence-electron chi connectivity index (χ1n) is 6.27. The van der Waals surface area contributed by atoms with E-state index >= 15 is 0 Å². The maximum Gasteiger partial charge on any atom is 0.269 e. The van der Waals surface area contributed by atoms with Crippen LogP contribution in [0, 0.1) is 10.1 Å². The third-order valence-corrected chi connectivity index (χ3v) is 3.80. The quantitative estimate of drug-likeness (QED) is 0.432. The van der Waals surface area contributed by atoms with Crippen LogP contribution in [0.25, 0.3) is 6.08 Å². The van der Waals surface area contributed by atoms with E-state index in [1.54, 1.807) is 12.1 Å². The Morgan fingerprint density at radius 1 is 1.15 bits per heavy atom. The molecule has 0 amide bonds. The smallest absolute Gasteiger partial charge is 0.258 e. The van der Waals surface area contributed by atoms with Crippen molar-refractivity contribution in [3.63, 3.8) is 0 Å².